The van der Waals surface area contributed by atoms with Crippen molar-refractivity contribution >= 4 is 44.2 Å². The second-order valence-electron chi connectivity index (χ2n) is 4.45. The number of amides is 1. The van der Waals surface area contributed by atoms with Gasteiger partial charge in [-0.3, -0.25) is 4.79 Å². The summed E-state index contributed by atoms with van der Waals surface area (Å²) in [5, 5.41) is 2.64. The predicted molar refractivity (Wildman–Crippen MR) is 85.6 cm³/mol. The Labute approximate surface area is 132 Å². The van der Waals surface area contributed by atoms with E-state index >= 15 is 0 Å². The van der Waals surface area contributed by atoms with Gasteiger partial charge in [-0.1, -0.05) is 11.3 Å². The lowest BCUT2D eigenvalue weighted by Gasteiger charge is -2.05. The highest BCUT2D eigenvalue weighted by atomic mass is 35.5. The molecule has 21 heavy (non-hydrogen) atoms. The van der Waals surface area contributed by atoms with Gasteiger partial charge in [-0.05, 0) is 25.1 Å². The molecule has 1 heterocycles. The van der Waals surface area contributed by atoms with Crippen LogP contribution in [0.3, 0.4) is 0 Å². The Morgan fingerprint density at radius 2 is 2.29 bits per heavy atom. The van der Waals surface area contributed by atoms with Gasteiger partial charge < -0.3 is 14.8 Å². The zero-order valence-corrected chi connectivity index (χ0v) is 13.5. The van der Waals surface area contributed by atoms with Crippen LogP contribution in [-0.2, 0) is 9.53 Å². The fourth-order valence-corrected chi connectivity index (χ4v) is 2.60. The Morgan fingerprint density at radius 1 is 1.48 bits per heavy atom. The molecule has 5 nitrogen and oxygen atoms in total. The minimum atomic E-state index is -0.586. The van der Waals surface area contributed by atoms with Gasteiger partial charge in [0.25, 0.3) is 0 Å². The number of carbonyl (C=O) groups is 1. The number of thiazole rings is 1. The van der Waals surface area contributed by atoms with Crippen molar-refractivity contribution in [3.63, 3.8) is 0 Å². The van der Waals surface area contributed by atoms with E-state index in [1.807, 2.05) is 18.2 Å². The van der Waals surface area contributed by atoms with Crippen molar-refractivity contribution in [1.82, 2.24) is 4.98 Å². The maximum Gasteiger partial charge on any atom is 0.243 e. The summed E-state index contributed by atoms with van der Waals surface area (Å²) in [5.41, 5.74) is 0.821. The van der Waals surface area contributed by atoms with E-state index in [1.54, 1.807) is 14.0 Å². The molecule has 0 saturated carbocycles. The van der Waals surface area contributed by atoms with Gasteiger partial charge in [0.05, 0.1) is 16.8 Å². The molecule has 114 valence electrons. The molecular weight excluding hydrogens is 312 g/mol. The summed E-state index contributed by atoms with van der Waals surface area (Å²) < 4.78 is 11.6. The molecule has 0 radical (unpaired) electrons. The first-order valence-corrected chi connectivity index (χ1v) is 7.82. The number of nitrogens with one attached hydrogen (secondary N) is 1. The molecule has 0 aliphatic rings. The molecule has 1 aromatic heterocycles. The lowest BCUT2D eigenvalue weighted by molar-refractivity contribution is -0.115. The number of halogens is 1. The normalized spacial score (nSPS) is 12.3. The van der Waals surface area contributed by atoms with Gasteiger partial charge in [0, 0.05) is 20.1 Å². The topological polar surface area (TPSA) is 60.5 Å². The summed E-state index contributed by atoms with van der Waals surface area (Å²) in [6.45, 7) is 2.90. The van der Waals surface area contributed by atoms with E-state index in [0.717, 1.165) is 22.4 Å². The molecule has 1 atom stereocenters. The van der Waals surface area contributed by atoms with E-state index in [2.05, 4.69) is 10.3 Å². The molecule has 2 rings (SSSR count). The van der Waals surface area contributed by atoms with E-state index in [0.29, 0.717) is 18.3 Å². The van der Waals surface area contributed by atoms with Crippen molar-refractivity contribution in [2.24, 2.45) is 0 Å². The number of hydrogen-bond donors (Lipinski definition) is 1. The molecule has 0 aliphatic heterocycles. The van der Waals surface area contributed by atoms with Gasteiger partial charge in [-0.25, -0.2) is 4.98 Å². The van der Waals surface area contributed by atoms with Gasteiger partial charge in [-0.15, -0.1) is 11.6 Å². The van der Waals surface area contributed by atoms with Gasteiger partial charge in [0.15, 0.2) is 5.13 Å². The fraction of sp³-hybridized carbons (Fsp3) is 0.429. The van der Waals surface area contributed by atoms with Crippen LogP contribution in [0.4, 0.5) is 5.13 Å². The number of rotatable bonds is 7. The maximum absolute atomic E-state index is 11.5. The average Bonchev–Trinajstić information content (AvgIpc) is 2.84. The fourth-order valence-electron chi connectivity index (χ4n) is 1.65. The summed E-state index contributed by atoms with van der Waals surface area (Å²) in [5.74, 6) is 0.526. The third-order valence-corrected chi connectivity index (χ3v) is 3.84. The Bertz CT molecular complexity index is 615. The second kappa shape index (κ2) is 7.59. The van der Waals surface area contributed by atoms with Crippen molar-refractivity contribution in [3.8, 4) is 5.75 Å². The zero-order valence-electron chi connectivity index (χ0n) is 11.9. The summed E-state index contributed by atoms with van der Waals surface area (Å²) in [4.78, 5) is 15.9. The number of alkyl halides is 1. The first-order valence-electron chi connectivity index (χ1n) is 6.57. The number of ether oxygens (including phenoxy) is 2. The summed E-state index contributed by atoms with van der Waals surface area (Å²) >= 11 is 7.11. The van der Waals surface area contributed by atoms with E-state index in [-0.39, 0.29) is 5.91 Å². The minimum absolute atomic E-state index is 0.258. The highest BCUT2D eigenvalue weighted by molar-refractivity contribution is 7.22. The zero-order chi connectivity index (χ0) is 15.2. The van der Waals surface area contributed by atoms with Gasteiger partial charge in [0.1, 0.15) is 11.1 Å². The molecule has 0 spiro atoms. The SMILES string of the molecule is COCCCOc1ccc2nc(NC(=O)C(C)Cl)sc2c1. The Kier molecular flexibility index (Phi) is 5.78. The van der Waals surface area contributed by atoms with Crippen LogP contribution in [-0.4, -0.2) is 36.6 Å². The van der Waals surface area contributed by atoms with Gasteiger partial charge in [0.2, 0.25) is 5.91 Å². The number of nitrogens with zero attached hydrogens (tertiary/aromatic N) is 1. The summed E-state index contributed by atoms with van der Waals surface area (Å²) in [6.07, 6.45) is 0.839. The van der Waals surface area contributed by atoms with Gasteiger partial charge in [-0.2, -0.15) is 0 Å². The van der Waals surface area contributed by atoms with Crippen LogP contribution in [0.2, 0.25) is 0 Å². The third kappa shape index (κ3) is 4.56. The molecule has 1 N–H and O–H groups in total. The number of benzene rings is 1. The lowest BCUT2D eigenvalue weighted by Crippen LogP contribution is -2.19. The molecule has 0 aliphatic carbocycles. The number of carbonyl (C=O) groups excluding carboxylic acids is 1. The minimum Gasteiger partial charge on any atom is -0.493 e. The van der Waals surface area contributed by atoms with Crippen LogP contribution < -0.4 is 10.1 Å². The second-order valence-corrected chi connectivity index (χ2v) is 6.13. The van der Waals surface area contributed by atoms with E-state index in [1.165, 1.54) is 11.3 Å². The van der Waals surface area contributed by atoms with Crippen molar-refractivity contribution in [2.45, 2.75) is 18.7 Å². The molecule has 0 saturated heterocycles. The van der Waals surface area contributed by atoms with E-state index < -0.39 is 5.38 Å². The summed E-state index contributed by atoms with van der Waals surface area (Å²) in [7, 11) is 1.67. The molecule has 0 fully saturated rings. The smallest absolute Gasteiger partial charge is 0.243 e. The lowest BCUT2D eigenvalue weighted by atomic mass is 10.3. The Hall–Kier alpha value is -1.37. The van der Waals surface area contributed by atoms with Crippen LogP contribution in [0.15, 0.2) is 18.2 Å². The van der Waals surface area contributed by atoms with E-state index in [9.17, 15) is 4.79 Å². The van der Waals surface area contributed by atoms with Crippen LogP contribution in [0.25, 0.3) is 10.2 Å². The highest BCUT2D eigenvalue weighted by Crippen LogP contribution is 2.29. The first-order chi connectivity index (χ1) is 10.1. The Morgan fingerprint density at radius 3 is 3.00 bits per heavy atom. The van der Waals surface area contributed by atoms with Crippen molar-refractivity contribution in [2.75, 3.05) is 25.6 Å². The number of methoxy groups -OCH3 is 1. The number of hydrogen-bond acceptors (Lipinski definition) is 5. The number of aromatic nitrogens is 1. The molecule has 7 heteroatoms. The Balaban J connectivity index is 2.04. The molecule has 2 aromatic rings. The molecule has 1 aromatic carbocycles. The van der Waals surface area contributed by atoms with Crippen molar-refractivity contribution < 1.29 is 14.3 Å². The molecule has 1 unspecified atom stereocenters. The quantitative estimate of drug-likeness (QED) is 0.626. The van der Waals surface area contributed by atoms with Crippen LogP contribution in [0, 0.1) is 0 Å². The number of fused-ring (bicyclic) bond motifs is 1. The molecule has 1 amide bonds. The first kappa shape index (κ1) is 16.0. The standard InChI is InChI=1S/C14H17ClN2O3S/c1-9(15)13(18)17-14-16-11-5-4-10(8-12(11)21-14)20-7-3-6-19-2/h4-5,8-9H,3,6-7H2,1-2H3,(H,16,17,18). The average molecular weight is 329 g/mol. The molecular formula is C14H17ClN2O3S. The largest absolute Gasteiger partial charge is 0.493 e. The van der Waals surface area contributed by atoms with Gasteiger partial charge >= 0.3 is 0 Å². The monoisotopic (exact) mass is 328 g/mol. The van der Waals surface area contributed by atoms with Crippen molar-refractivity contribution in [1.29, 1.82) is 0 Å². The summed E-state index contributed by atoms with van der Waals surface area (Å²) in [6, 6.07) is 5.65. The third-order valence-electron chi connectivity index (χ3n) is 2.71. The van der Waals surface area contributed by atoms with Crippen molar-refractivity contribution in [3.05, 3.63) is 18.2 Å². The molecule has 0 bridgehead atoms. The maximum atomic E-state index is 11.5. The van der Waals surface area contributed by atoms with Crippen LogP contribution in [0.5, 0.6) is 5.75 Å². The van der Waals surface area contributed by atoms with E-state index in [4.69, 9.17) is 21.1 Å². The highest BCUT2D eigenvalue weighted by Gasteiger charge is 2.12. The van der Waals surface area contributed by atoms with Crippen LogP contribution >= 0.6 is 22.9 Å². The predicted octanol–water partition coefficient (Wildman–Crippen LogP) is 3.28. The van der Waals surface area contributed by atoms with Crippen LogP contribution in [0.1, 0.15) is 13.3 Å². The number of anilines is 1.